The van der Waals surface area contributed by atoms with Gasteiger partial charge in [0.05, 0.1) is 26.0 Å². The first-order valence-corrected chi connectivity index (χ1v) is 9.04. The van der Waals surface area contributed by atoms with E-state index >= 15 is 0 Å². The second kappa shape index (κ2) is 7.38. The van der Waals surface area contributed by atoms with E-state index in [4.69, 9.17) is 18.5 Å². The van der Waals surface area contributed by atoms with Gasteiger partial charge in [0.15, 0.2) is 28.7 Å². The van der Waals surface area contributed by atoms with Crippen molar-refractivity contribution in [3.8, 4) is 22.8 Å². The summed E-state index contributed by atoms with van der Waals surface area (Å²) in [5.74, 6) is 2.18. The van der Waals surface area contributed by atoms with Gasteiger partial charge in [0, 0.05) is 24.2 Å². The zero-order valence-electron chi connectivity index (χ0n) is 16.0. The first kappa shape index (κ1) is 18.1. The van der Waals surface area contributed by atoms with Crippen LogP contribution in [-0.2, 0) is 0 Å². The van der Waals surface area contributed by atoms with Crippen LogP contribution >= 0.6 is 0 Å². The van der Waals surface area contributed by atoms with Crippen molar-refractivity contribution < 1.29 is 23.3 Å². The smallest absolute Gasteiger partial charge is 0.276 e. The van der Waals surface area contributed by atoms with Gasteiger partial charge in [-0.25, -0.2) is 0 Å². The molecule has 2 aromatic heterocycles. The first-order valence-electron chi connectivity index (χ1n) is 9.04. The van der Waals surface area contributed by atoms with Gasteiger partial charge in [-0.15, -0.1) is 0 Å². The van der Waals surface area contributed by atoms with Crippen LogP contribution in [0, 0.1) is 6.92 Å². The molecule has 146 valence electrons. The Hall–Kier alpha value is -3.29. The van der Waals surface area contributed by atoms with Crippen LogP contribution in [0.5, 0.6) is 11.5 Å². The van der Waals surface area contributed by atoms with Gasteiger partial charge >= 0.3 is 0 Å². The Kier molecular flexibility index (Phi) is 4.77. The van der Waals surface area contributed by atoms with E-state index in [0.717, 1.165) is 24.1 Å². The highest BCUT2D eigenvalue weighted by molar-refractivity contribution is 5.93. The van der Waals surface area contributed by atoms with Gasteiger partial charge in [-0.3, -0.25) is 4.79 Å². The lowest BCUT2D eigenvalue weighted by atomic mass is 10.1. The molecule has 1 aromatic carbocycles. The average molecular weight is 383 g/mol. The molecule has 0 aliphatic carbocycles. The van der Waals surface area contributed by atoms with Crippen LogP contribution in [0.1, 0.15) is 40.8 Å². The average Bonchev–Trinajstić information content (AvgIpc) is 3.46. The number of hydrogen-bond acceptors (Lipinski definition) is 7. The van der Waals surface area contributed by atoms with E-state index in [0.29, 0.717) is 29.6 Å². The number of rotatable bonds is 5. The molecule has 1 atom stereocenters. The van der Waals surface area contributed by atoms with E-state index in [-0.39, 0.29) is 17.6 Å². The SMILES string of the molecule is COc1ccc(-c2cc(C(=O)N3CCCC3c3cc(C)no3)no2)cc1OC. The highest BCUT2D eigenvalue weighted by Crippen LogP contribution is 2.35. The molecule has 0 saturated carbocycles. The molecule has 3 heterocycles. The number of aryl methyl sites for hydroxylation is 1. The lowest BCUT2D eigenvalue weighted by Gasteiger charge is -2.21. The molecule has 28 heavy (non-hydrogen) atoms. The van der Waals surface area contributed by atoms with E-state index in [2.05, 4.69) is 10.3 Å². The fourth-order valence-corrected chi connectivity index (χ4v) is 3.49. The van der Waals surface area contributed by atoms with Crippen molar-refractivity contribution in [1.29, 1.82) is 0 Å². The Morgan fingerprint density at radius 1 is 1.11 bits per heavy atom. The maximum absolute atomic E-state index is 13.0. The number of aromatic nitrogens is 2. The lowest BCUT2D eigenvalue weighted by Crippen LogP contribution is -2.30. The van der Waals surface area contributed by atoms with Gasteiger partial charge in [-0.1, -0.05) is 10.3 Å². The number of hydrogen-bond donors (Lipinski definition) is 0. The van der Waals surface area contributed by atoms with Crippen LogP contribution in [0.2, 0.25) is 0 Å². The molecular weight excluding hydrogens is 362 g/mol. The fraction of sp³-hybridized carbons (Fsp3) is 0.350. The predicted octanol–water partition coefficient (Wildman–Crippen LogP) is 3.63. The van der Waals surface area contributed by atoms with Gasteiger partial charge in [-0.2, -0.15) is 0 Å². The van der Waals surface area contributed by atoms with E-state index in [1.54, 1.807) is 37.3 Å². The Balaban J connectivity index is 1.58. The van der Waals surface area contributed by atoms with Gasteiger partial charge in [0.25, 0.3) is 5.91 Å². The summed E-state index contributed by atoms with van der Waals surface area (Å²) >= 11 is 0. The summed E-state index contributed by atoms with van der Waals surface area (Å²) in [6.07, 6.45) is 1.73. The third-order valence-corrected chi connectivity index (χ3v) is 4.89. The number of carbonyl (C=O) groups is 1. The molecule has 0 bridgehead atoms. The van der Waals surface area contributed by atoms with Gasteiger partial charge < -0.3 is 23.4 Å². The molecule has 8 nitrogen and oxygen atoms in total. The molecule has 0 N–H and O–H groups in total. The molecule has 0 radical (unpaired) electrons. The van der Waals surface area contributed by atoms with Crippen LogP contribution in [0.4, 0.5) is 0 Å². The molecule has 0 spiro atoms. The molecule has 3 aromatic rings. The lowest BCUT2D eigenvalue weighted by molar-refractivity contribution is 0.0704. The van der Waals surface area contributed by atoms with Crippen molar-refractivity contribution in [1.82, 2.24) is 15.2 Å². The Morgan fingerprint density at radius 2 is 1.93 bits per heavy atom. The standard InChI is InChI=1S/C20H21N3O5/c1-12-9-18(28-21-12)15-5-4-8-23(15)20(24)14-11-17(27-22-14)13-6-7-16(25-2)19(10-13)26-3/h6-7,9-11,15H,4-5,8H2,1-3H3. The maximum Gasteiger partial charge on any atom is 0.276 e. The number of amides is 1. The quantitative estimate of drug-likeness (QED) is 0.664. The monoisotopic (exact) mass is 383 g/mol. The molecule has 8 heteroatoms. The predicted molar refractivity (Wildman–Crippen MR) is 99.3 cm³/mol. The summed E-state index contributed by atoms with van der Waals surface area (Å²) in [6, 6.07) is 8.77. The summed E-state index contributed by atoms with van der Waals surface area (Å²) in [6.45, 7) is 2.50. The van der Waals surface area contributed by atoms with E-state index in [9.17, 15) is 4.79 Å². The molecular formula is C20H21N3O5. The minimum Gasteiger partial charge on any atom is -0.493 e. The number of carbonyl (C=O) groups excluding carboxylic acids is 1. The normalized spacial score (nSPS) is 16.4. The van der Waals surface area contributed by atoms with Gasteiger partial charge in [-0.05, 0) is 38.0 Å². The number of ether oxygens (including phenoxy) is 2. The van der Waals surface area contributed by atoms with Crippen molar-refractivity contribution in [2.45, 2.75) is 25.8 Å². The summed E-state index contributed by atoms with van der Waals surface area (Å²) in [5, 5.41) is 7.92. The summed E-state index contributed by atoms with van der Waals surface area (Å²) in [4.78, 5) is 14.8. The third-order valence-electron chi connectivity index (χ3n) is 4.89. The zero-order chi connectivity index (χ0) is 19.7. The molecule has 1 fully saturated rings. The fourth-order valence-electron chi connectivity index (χ4n) is 3.49. The van der Waals surface area contributed by atoms with Crippen molar-refractivity contribution in [2.75, 3.05) is 20.8 Å². The number of nitrogens with zero attached hydrogens (tertiary/aromatic N) is 3. The second-order valence-electron chi connectivity index (χ2n) is 6.67. The minimum absolute atomic E-state index is 0.130. The highest BCUT2D eigenvalue weighted by atomic mass is 16.5. The molecule has 1 saturated heterocycles. The molecule has 1 unspecified atom stereocenters. The maximum atomic E-state index is 13.0. The molecule has 4 rings (SSSR count). The van der Waals surface area contributed by atoms with Crippen molar-refractivity contribution in [3.63, 3.8) is 0 Å². The molecule has 1 aliphatic heterocycles. The van der Waals surface area contributed by atoms with E-state index < -0.39 is 0 Å². The topological polar surface area (TPSA) is 90.8 Å². The summed E-state index contributed by atoms with van der Waals surface area (Å²) in [5.41, 5.74) is 1.80. The van der Waals surface area contributed by atoms with Crippen LogP contribution < -0.4 is 9.47 Å². The van der Waals surface area contributed by atoms with Gasteiger partial charge in [0.1, 0.15) is 0 Å². The van der Waals surface area contributed by atoms with Crippen molar-refractivity contribution >= 4 is 5.91 Å². The Labute approximate surface area is 162 Å². The number of methoxy groups -OCH3 is 2. The van der Waals surface area contributed by atoms with Crippen molar-refractivity contribution in [2.24, 2.45) is 0 Å². The van der Waals surface area contributed by atoms with Gasteiger partial charge in [0.2, 0.25) is 0 Å². The first-order chi connectivity index (χ1) is 13.6. The Morgan fingerprint density at radius 3 is 2.64 bits per heavy atom. The molecule has 1 amide bonds. The molecule has 1 aliphatic rings. The second-order valence-corrected chi connectivity index (χ2v) is 6.67. The van der Waals surface area contributed by atoms with Crippen LogP contribution in [0.3, 0.4) is 0 Å². The number of benzene rings is 1. The number of likely N-dealkylation sites (tertiary alicyclic amines) is 1. The zero-order valence-corrected chi connectivity index (χ0v) is 16.0. The highest BCUT2D eigenvalue weighted by Gasteiger charge is 2.34. The van der Waals surface area contributed by atoms with Crippen LogP contribution in [-0.4, -0.2) is 41.9 Å². The van der Waals surface area contributed by atoms with Crippen molar-refractivity contribution in [3.05, 3.63) is 47.5 Å². The minimum atomic E-state index is -0.188. The van der Waals surface area contributed by atoms with Crippen LogP contribution in [0.15, 0.2) is 39.4 Å². The van der Waals surface area contributed by atoms with E-state index in [1.807, 2.05) is 19.1 Å². The largest absolute Gasteiger partial charge is 0.493 e. The van der Waals surface area contributed by atoms with Crippen LogP contribution in [0.25, 0.3) is 11.3 Å². The Bertz CT molecular complexity index is 993. The van der Waals surface area contributed by atoms with E-state index in [1.165, 1.54) is 0 Å². The summed E-state index contributed by atoms with van der Waals surface area (Å²) < 4.78 is 21.4. The third kappa shape index (κ3) is 3.21. The summed E-state index contributed by atoms with van der Waals surface area (Å²) in [7, 11) is 3.14.